The highest BCUT2D eigenvalue weighted by Gasteiger charge is 2.28. The Morgan fingerprint density at radius 1 is 1.00 bits per heavy atom. The van der Waals surface area contributed by atoms with Gasteiger partial charge in [0.2, 0.25) is 0 Å². The molecule has 1 aliphatic rings. The number of aromatic nitrogens is 2. The van der Waals surface area contributed by atoms with Gasteiger partial charge in [0, 0.05) is 16.1 Å². The standard InChI is InChI=1S/C13H4ClN5/c14-6-1-2-7-8(3-6)11(17)13-12(7)18-9(4-15)10(5-16)19-13/h1-3,17H. The van der Waals surface area contributed by atoms with E-state index in [2.05, 4.69) is 9.97 Å². The lowest BCUT2D eigenvalue weighted by Gasteiger charge is -2.00. The Kier molecular flexibility index (Phi) is 2.31. The number of hydrogen-bond donors (Lipinski definition) is 1. The van der Waals surface area contributed by atoms with E-state index < -0.39 is 0 Å². The molecule has 0 radical (unpaired) electrons. The van der Waals surface area contributed by atoms with Crippen molar-refractivity contribution in [1.82, 2.24) is 9.97 Å². The number of rotatable bonds is 0. The second-order valence-corrected chi connectivity index (χ2v) is 4.34. The fourth-order valence-electron chi connectivity index (χ4n) is 2.01. The van der Waals surface area contributed by atoms with E-state index in [0.29, 0.717) is 27.5 Å². The van der Waals surface area contributed by atoms with Crippen molar-refractivity contribution < 1.29 is 0 Å². The molecule has 0 bridgehead atoms. The molecule has 0 spiro atoms. The molecule has 0 saturated carbocycles. The van der Waals surface area contributed by atoms with E-state index in [0.717, 1.165) is 0 Å². The number of hydrogen-bond acceptors (Lipinski definition) is 5. The van der Waals surface area contributed by atoms with Crippen molar-refractivity contribution in [2.45, 2.75) is 0 Å². The van der Waals surface area contributed by atoms with Gasteiger partial charge in [-0.05, 0) is 12.1 Å². The zero-order chi connectivity index (χ0) is 13.6. The van der Waals surface area contributed by atoms with E-state index in [1.54, 1.807) is 18.2 Å². The van der Waals surface area contributed by atoms with E-state index in [1.165, 1.54) is 0 Å². The van der Waals surface area contributed by atoms with Crippen molar-refractivity contribution in [2.75, 3.05) is 0 Å². The van der Waals surface area contributed by atoms with Crippen molar-refractivity contribution in [3.05, 3.63) is 45.9 Å². The SMILES string of the molecule is N#Cc1nc2c(nc1C#N)-c1ccc(Cl)cc1C2=N. The molecule has 1 aliphatic carbocycles. The van der Waals surface area contributed by atoms with E-state index in [9.17, 15) is 0 Å². The van der Waals surface area contributed by atoms with Gasteiger partial charge >= 0.3 is 0 Å². The van der Waals surface area contributed by atoms with Crippen LogP contribution in [0, 0.1) is 28.1 Å². The summed E-state index contributed by atoms with van der Waals surface area (Å²) in [6.07, 6.45) is 0. The van der Waals surface area contributed by atoms with Crippen LogP contribution < -0.4 is 0 Å². The van der Waals surface area contributed by atoms with Gasteiger partial charge < -0.3 is 0 Å². The third kappa shape index (κ3) is 1.50. The summed E-state index contributed by atoms with van der Waals surface area (Å²) >= 11 is 5.91. The Balaban J connectivity index is 2.36. The minimum absolute atomic E-state index is 0.0307. The predicted molar refractivity (Wildman–Crippen MR) is 67.8 cm³/mol. The van der Waals surface area contributed by atoms with E-state index in [4.69, 9.17) is 27.5 Å². The van der Waals surface area contributed by atoms with Gasteiger partial charge in [0.25, 0.3) is 0 Å². The van der Waals surface area contributed by atoms with Crippen LogP contribution >= 0.6 is 11.6 Å². The second-order valence-electron chi connectivity index (χ2n) is 3.91. The molecule has 0 fully saturated rings. The van der Waals surface area contributed by atoms with E-state index in [1.807, 2.05) is 12.1 Å². The van der Waals surface area contributed by atoms with Gasteiger partial charge in [-0.15, -0.1) is 0 Å². The Morgan fingerprint density at radius 2 is 1.63 bits per heavy atom. The van der Waals surface area contributed by atoms with Crippen LogP contribution in [0.2, 0.25) is 5.02 Å². The van der Waals surface area contributed by atoms with E-state index in [-0.39, 0.29) is 17.1 Å². The molecule has 5 nitrogen and oxygen atoms in total. The molecule has 0 amide bonds. The molecule has 19 heavy (non-hydrogen) atoms. The van der Waals surface area contributed by atoms with Crippen LogP contribution in [-0.2, 0) is 0 Å². The van der Waals surface area contributed by atoms with Crippen LogP contribution in [0.5, 0.6) is 0 Å². The first kappa shape index (κ1) is 11.3. The minimum Gasteiger partial charge on any atom is -0.298 e. The summed E-state index contributed by atoms with van der Waals surface area (Å²) in [6.45, 7) is 0. The average molecular weight is 266 g/mol. The monoisotopic (exact) mass is 265 g/mol. The molecule has 1 aromatic heterocycles. The molecular weight excluding hydrogens is 262 g/mol. The van der Waals surface area contributed by atoms with Crippen LogP contribution in [0.3, 0.4) is 0 Å². The lowest BCUT2D eigenvalue weighted by atomic mass is 10.1. The first-order valence-corrected chi connectivity index (χ1v) is 5.65. The maximum Gasteiger partial charge on any atom is 0.177 e. The quantitative estimate of drug-likeness (QED) is 0.674. The van der Waals surface area contributed by atoms with Gasteiger partial charge in [0.1, 0.15) is 23.5 Å². The molecule has 3 rings (SSSR count). The highest BCUT2D eigenvalue weighted by Crippen LogP contribution is 2.35. The van der Waals surface area contributed by atoms with Crippen molar-refractivity contribution in [3.63, 3.8) is 0 Å². The molecule has 2 aromatic rings. The molecule has 0 aliphatic heterocycles. The topological polar surface area (TPSA) is 97.2 Å². The predicted octanol–water partition coefficient (Wildman–Crippen LogP) is 2.27. The van der Waals surface area contributed by atoms with Crippen LogP contribution in [-0.4, -0.2) is 15.7 Å². The number of nitrogens with one attached hydrogen (secondary N) is 1. The lowest BCUT2D eigenvalue weighted by molar-refractivity contribution is 1.13. The van der Waals surface area contributed by atoms with Crippen molar-refractivity contribution >= 4 is 17.3 Å². The molecule has 1 aromatic carbocycles. The molecule has 0 unspecified atom stereocenters. The molecule has 0 saturated heterocycles. The van der Waals surface area contributed by atoms with Crippen molar-refractivity contribution in [2.24, 2.45) is 0 Å². The van der Waals surface area contributed by atoms with Crippen LogP contribution in [0.4, 0.5) is 0 Å². The largest absolute Gasteiger partial charge is 0.298 e. The summed E-state index contributed by atoms with van der Waals surface area (Å²) < 4.78 is 0. The summed E-state index contributed by atoms with van der Waals surface area (Å²) in [6, 6.07) is 8.74. The maximum atomic E-state index is 8.96. The number of nitriles is 2. The molecule has 88 valence electrons. The van der Waals surface area contributed by atoms with E-state index >= 15 is 0 Å². The average Bonchev–Trinajstić information content (AvgIpc) is 2.70. The Labute approximate surface area is 113 Å². The van der Waals surface area contributed by atoms with Gasteiger partial charge in [0.15, 0.2) is 11.4 Å². The first-order valence-electron chi connectivity index (χ1n) is 5.27. The number of nitrogens with zero attached hydrogens (tertiary/aromatic N) is 4. The molecular formula is C13H4ClN5. The van der Waals surface area contributed by atoms with Crippen molar-refractivity contribution in [3.8, 4) is 23.4 Å². The highest BCUT2D eigenvalue weighted by molar-refractivity contribution is 6.32. The number of fused-ring (bicyclic) bond motifs is 3. The van der Waals surface area contributed by atoms with Gasteiger partial charge in [-0.25, -0.2) is 9.97 Å². The summed E-state index contributed by atoms with van der Waals surface area (Å²) in [4.78, 5) is 8.19. The molecule has 0 atom stereocenters. The highest BCUT2D eigenvalue weighted by atomic mass is 35.5. The molecule has 6 heteroatoms. The third-order valence-corrected chi connectivity index (χ3v) is 3.09. The summed E-state index contributed by atoms with van der Waals surface area (Å²) in [7, 11) is 0. The fraction of sp³-hybridized carbons (Fsp3) is 0. The summed E-state index contributed by atoms with van der Waals surface area (Å²) in [5.41, 5.74) is 2.15. The first-order chi connectivity index (χ1) is 9.15. The van der Waals surface area contributed by atoms with Gasteiger partial charge in [0.05, 0.1) is 5.71 Å². The summed E-state index contributed by atoms with van der Waals surface area (Å²) in [5, 5.41) is 26.5. The Bertz CT molecular complexity index is 826. The zero-order valence-corrected chi connectivity index (χ0v) is 10.2. The number of benzene rings is 1. The normalized spacial score (nSPS) is 11.4. The maximum absolute atomic E-state index is 8.96. The smallest absolute Gasteiger partial charge is 0.177 e. The van der Waals surface area contributed by atoms with Gasteiger partial charge in [-0.3, -0.25) is 5.41 Å². The lowest BCUT2D eigenvalue weighted by Crippen LogP contribution is -2.04. The van der Waals surface area contributed by atoms with Crippen LogP contribution in [0.15, 0.2) is 18.2 Å². The minimum atomic E-state index is -0.0649. The summed E-state index contributed by atoms with van der Waals surface area (Å²) in [5.74, 6) is 0. The molecule has 1 heterocycles. The fourth-order valence-corrected chi connectivity index (χ4v) is 2.18. The Morgan fingerprint density at radius 3 is 2.26 bits per heavy atom. The molecule has 1 N–H and O–H groups in total. The zero-order valence-electron chi connectivity index (χ0n) is 9.40. The number of halogens is 1. The van der Waals surface area contributed by atoms with Crippen LogP contribution in [0.25, 0.3) is 11.3 Å². The van der Waals surface area contributed by atoms with Gasteiger partial charge in [-0.1, -0.05) is 17.7 Å². The Hall–Kier alpha value is -2.76. The second kappa shape index (κ2) is 3.88. The third-order valence-electron chi connectivity index (χ3n) is 2.85. The van der Waals surface area contributed by atoms with Gasteiger partial charge in [-0.2, -0.15) is 10.5 Å². The van der Waals surface area contributed by atoms with Crippen LogP contribution in [0.1, 0.15) is 22.6 Å². The van der Waals surface area contributed by atoms with Crippen molar-refractivity contribution in [1.29, 1.82) is 15.9 Å².